The van der Waals surface area contributed by atoms with Crippen molar-refractivity contribution < 1.29 is 14.3 Å². The van der Waals surface area contributed by atoms with Crippen molar-refractivity contribution in [1.29, 1.82) is 0 Å². The van der Waals surface area contributed by atoms with Gasteiger partial charge in [-0.15, -0.1) is 0 Å². The standard InChI is InChI=1S/C14H24N2O3/c1-11-3-7-16(8-4-11)13(17)10-15-6-5-12(9-15)14(18)19-2/h11-12H,3-10H2,1-2H3. The molecule has 108 valence electrons. The van der Waals surface area contributed by atoms with E-state index in [0.29, 0.717) is 13.1 Å². The summed E-state index contributed by atoms with van der Waals surface area (Å²) in [6.07, 6.45) is 3.02. The second kappa shape index (κ2) is 6.37. The van der Waals surface area contributed by atoms with E-state index in [1.807, 2.05) is 4.90 Å². The van der Waals surface area contributed by atoms with Gasteiger partial charge in [0, 0.05) is 19.6 Å². The van der Waals surface area contributed by atoms with E-state index in [0.717, 1.165) is 44.8 Å². The monoisotopic (exact) mass is 268 g/mol. The molecule has 2 fully saturated rings. The van der Waals surface area contributed by atoms with Crippen LogP contribution in [0.3, 0.4) is 0 Å². The second-order valence-corrected chi connectivity index (χ2v) is 5.81. The summed E-state index contributed by atoms with van der Waals surface area (Å²) in [4.78, 5) is 27.6. The van der Waals surface area contributed by atoms with Gasteiger partial charge in [-0.2, -0.15) is 0 Å². The van der Waals surface area contributed by atoms with Crippen LogP contribution in [-0.2, 0) is 14.3 Å². The van der Waals surface area contributed by atoms with Crippen molar-refractivity contribution >= 4 is 11.9 Å². The maximum absolute atomic E-state index is 12.2. The zero-order chi connectivity index (χ0) is 13.8. The SMILES string of the molecule is COC(=O)C1CCN(CC(=O)N2CCC(C)CC2)C1. The Hall–Kier alpha value is -1.10. The summed E-state index contributed by atoms with van der Waals surface area (Å²) in [5, 5.41) is 0. The van der Waals surface area contributed by atoms with Crippen molar-refractivity contribution in [2.24, 2.45) is 11.8 Å². The summed E-state index contributed by atoms with van der Waals surface area (Å²) in [6, 6.07) is 0. The number of carbonyl (C=O) groups excluding carboxylic acids is 2. The predicted molar refractivity (Wildman–Crippen MR) is 71.5 cm³/mol. The second-order valence-electron chi connectivity index (χ2n) is 5.81. The third-order valence-electron chi connectivity index (χ3n) is 4.30. The summed E-state index contributed by atoms with van der Waals surface area (Å²) in [5.74, 6) is 0.734. The molecule has 0 saturated carbocycles. The van der Waals surface area contributed by atoms with Gasteiger partial charge in [-0.25, -0.2) is 0 Å². The molecule has 1 atom stereocenters. The van der Waals surface area contributed by atoms with Gasteiger partial charge in [-0.05, 0) is 31.7 Å². The highest BCUT2D eigenvalue weighted by Crippen LogP contribution is 2.19. The number of carbonyl (C=O) groups is 2. The Kier molecular flexibility index (Phi) is 4.80. The van der Waals surface area contributed by atoms with Crippen LogP contribution in [-0.4, -0.2) is 61.5 Å². The van der Waals surface area contributed by atoms with Crippen LogP contribution in [0.5, 0.6) is 0 Å². The van der Waals surface area contributed by atoms with Gasteiger partial charge in [-0.1, -0.05) is 6.92 Å². The number of hydrogen-bond donors (Lipinski definition) is 0. The molecule has 0 aromatic carbocycles. The lowest BCUT2D eigenvalue weighted by atomic mass is 9.99. The summed E-state index contributed by atoms with van der Waals surface area (Å²) in [6.45, 7) is 5.92. The van der Waals surface area contributed by atoms with E-state index in [-0.39, 0.29) is 17.8 Å². The molecule has 0 spiro atoms. The van der Waals surface area contributed by atoms with E-state index in [4.69, 9.17) is 4.74 Å². The lowest BCUT2D eigenvalue weighted by Crippen LogP contribution is -2.43. The zero-order valence-electron chi connectivity index (χ0n) is 11.9. The lowest BCUT2D eigenvalue weighted by molar-refractivity contribution is -0.145. The highest BCUT2D eigenvalue weighted by molar-refractivity contribution is 5.78. The Balaban J connectivity index is 1.76. The fraction of sp³-hybridized carbons (Fsp3) is 0.857. The molecule has 2 heterocycles. The summed E-state index contributed by atoms with van der Waals surface area (Å²) < 4.78 is 4.75. The van der Waals surface area contributed by atoms with Gasteiger partial charge in [0.05, 0.1) is 19.6 Å². The number of piperidine rings is 1. The van der Waals surface area contributed by atoms with E-state index in [2.05, 4.69) is 11.8 Å². The number of ether oxygens (including phenoxy) is 1. The first kappa shape index (κ1) is 14.3. The van der Waals surface area contributed by atoms with Gasteiger partial charge in [0.2, 0.25) is 5.91 Å². The van der Waals surface area contributed by atoms with Crippen LogP contribution in [0.1, 0.15) is 26.2 Å². The molecular formula is C14H24N2O3. The number of esters is 1. The van der Waals surface area contributed by atoms with Gasteiger partial charge >= 0.3 is 5.97 Å². The van der Waals surface area contributed by atoms with E-state index < -0.39 is 0 Å². The third kappa shape index (κ3) is 3.69. The number of amides is 1. The molecule has 0 N–H and O–H groups in total. The molecule has 19 heavy (non-hydrogen) atoms. The molecule has 2 rings (SSSR count). The van der Waals surface area contributed by atoms with Crippen LogP contribution in [0.2, 0.25) is 0 Å². The molecule has 0 aromatic rings. The van der Waals surface area contributed by atoms with E-state index in [1.54, 1.807) is 0 Å². The lowest BCUT2D eigenvalue weighted by Gasteiger charge is -2.31. The number of likely N-dealkylation sites (tertiary alicyclic amines) is 2. The number of methoxy groups -OCH3 is 1. The van der Waals surface area contributed by atoms with Crippen molar-refractivity contribution in [3.63, 3.8) is 0 Å². The van der Waals surface area contributed by atoms with Gasteiger partial charge in [-0.3, -0.25) is 14.5 Å². The number of hydrogen-bond acceptors (Lipinski definition) is 4. The molecule has 2 saturated heterocycles. The van der Waals surface area contributed by atoms with Crippen LogP contribution >= 0.6 is 0 Å². The largest absolute Gasteiger partial charge is 0.469 e. The summed E-state index contributed by atoms with van der Waals surface area (Å²) >= 11 is 0. The van der Waals surface area contributed by atoms with Crippen LogP contribution in [0.4, 0.5) is 0 Å². The Morgan fingerprint density at radius 1 is 1.16 bits per heavy atom. The average Bonchev–Trinajstić information content (AvgIpc) is 2.87. The van der Waals surface area contributed by atoms with Crippen molar-refractivity contribution in [3.8, 4) is 0 Å². The average molecular weight is 268 g/mol. The third-order valence-corrected chi connectivity index (χ3v) is 4.30. The zero-order valence-corrected chi connectivity index (χ0v) is 11.9. The topological polar surface area (TPSA) is 49.9 Å². The fourth-order valence-electron chi connectivity index (χ4n) is 2.88. The maximum atomic E-state index is 12.2. The number of rotatable bonds is 3. The molecule has 0 radical (unpaired) electrons. The van der Waals surface area contributed by atoms with Gasteiger partial charge in [0.15, 0.2) is 0 Å². The van der Waals surface area contributed by atoms with E-state index in [9.17, 15) is 9.59 Å². The molecule has 5 heteroatoms. The Morgan fingerprint density at radius 2 is 1.84 bits per heavy atom. The van der Waals surface area contributed by atoms with Crippen LogP contribution in [0.25, 0.3) is 0 Å². The number of nitrogens with zero attached hydrogens (tertiary/aromatic N) is 2. The highest BCUT2D eigenvalue weighted by atomic mass is 16.5. The molecule has 0 aromatic heterocycles. The first-order valence-corrected chi connectivity index (χ1v) is 7.18. The Labute approximate surface area is 114 Å². The molecule has 1 unspecified atom stereocenters. The first-order chi connectivity index (χ1) is 9.10. The van der Waals surface area contributed by atoms with E-state index in [1.165, 1.54) is 7.11 Å². The van der Waals surface area contributed by atoms with Crippen LogP contribution < -0.4 is 0 Å². The van der Waals surface area contributed by atoms with Gasteiger partial charge < -0.3 is 9.64 Å². The molecule has 2 aliphatic rings. The van der Waals surface area contributed by atoms with E-state index >= 15 is 0 Å². The Morgan fingerprint density at radius 3 is 2.47 bits per heavy atom. The molecule has 2 aliphatic heterocycles. The molecule has 5 nitrogen and oxygen atoms in total. The summed E-state index contributed by atoms with van der Waals surface area (Å²) in [5.41, 5.74) is 0. The quantitative estimate of drug-likeness (QED) is 0.708. The fourth-order valence-corrected chi connectivity index (χ4v) is 2.88. The van der Waals surface area contributed by atoms with Crippen LogP contribution in [0, 0.1) is 11.8 Å². The van der Waals surface area contributed by atoms with Crippen molar-refractivity contribution in [2.45, 2.75) is 26.2 Å². The predicted octanol–water partition coefficient (Wildman–Crippen LogP) is 0.740. The molecule has 0 bridgehead atoms. The van der Waals surface area contributed by atoms with Crippen LogP contribution in [0.15, 0.2) is 0 Å². The molecular weight excluding hydrogens is 244 g/mol. The highest BCUT2D eigenvalue weighted by Gasteiger charge is 2.31. The van der Waals surface area contributed by atoms with Gasteiger partial charge in [0.1, 0.15) is 0 Å². The first-order valence-electron chi connectivity index (χ1n) is 7.18. The minimum atomic E-state index is -0.151. The molecule has 0 aliphatic carbocycles. The van der Waals surface area contributed by atoms with Crippen molar-refractivity contribution in [1.82, 2.24) is 9.80 Å². The smallest absolute Gasteiger partial charge is 0.310 e. The van der Waals surface area contributed by atoms with Crippen molar-refractivity contribution in [2.75, 3.05) is 39.8 Å². The minimum absolute atomic E-state index is 0.0563. The molecule has 1 amide bonds. The van der Waals surface area contributed by atoms with Crippen molar-refractivity contribution in [3.05, 3.63) is 0 Å². The Bertz CT molecular complexity index is 338. The normalized spacial score (nSPS) is 25.6. The summed E-state index contributed by atoms with van der Waals surface area (Å²) in [7, 11) is 1.42. The van der Waals surface area contributed by atoms with Gasteiger partial charge in [0.25, 0.3) is 0 Å². The minimum Gasteiger partial charge on any atom is -0.469 e. The maximum Gasteiger partial charge on any atom is 0.310 e.